The van der Waals surface area contributed by atoms with Gasteiger partial charge in [-0.15, -0.1) is 0 Å². The van der Waals surface area contributed by atoms with Gasteiger partial charge in [0.05, 0.1) is 0 Å². The van der Waals surface area contributed by atoms with E-state index in [9.17, 15) is 0 Å². The minimum absolute atomic E-state index is 0.367. The maximum atomic E-state index is 4.28. The lowest BCUT2D eigenvalue weighted by Gasteiger charge is -2.31. The number of nitrogens with one attached hydrogen (secondary N) is 1. The molecule has 1 atom stereocenters. The van der Waals surface area contributed by atoms with Crippen LogP contribution in [0.4, 0.5) is 11.5 Å². The Morgan fingerprint density at radius 2 is 2.05 bits per heavy atom. The number of para-hydroxylation sites is 1. The van der Waals surface area contributed by atoms with Crippen molar-refractivity contribution < 1.29 is 0 Å². The van der Waals surface area contributed by atoms with Gasteiger partial charge in [-0.3, -0.25) is 4.98 Å². The van der Waals surface area contributed by atoms with Crippen molar-refractivity contribution in [1.29, 1.82) is 0 Å². The SMILES string of the molecule is CC1c2cnccc2N(C)c2[nH]c3ccccc3c21. The minimum Gasteiger partial charge on any atom is -0.341 e. The van der Waals surface area contributed by atoms with E-state index in [1.165, 1.54) is 33.5 Å². The topological polar surface area (TPSA) is 31.9 Å². The van der Waals surface area contributed by atoms with E-state index in [0.717, 1.165) is 0 Å². The van der Waals surface area contributed by atoms with Crippen LogP contribution < -0.4 is 4.90 Å². The zero-order valence-corrected chi connectivity index (χ0v) is 11.0. The van der Waals surface area contributed by atoms with Gasteiger partial charge in [-0.25, -0.2) is 0 Å². The van der Waals surface area contributed by atoms with Crippen LogP contribution in [0.2, 0.25) is 0 Å². The van der Waals surface area contributed by atoms with Crippen LogP contribution in [-0.2, 0) is 0 Å². The highest BCUT2D eigenvalue weighted by Gasteiger charge is 2.29. The quantitative estimate of drug-likeness (QED) is 0.657. The van der Waals surface area contributed by atoms with Gasteiger partial charge in [-0.1, -0.05) is 25.1 Å². The van der Waals surface area contributed by atoms with Gasteiger partial charge in [0, 0.05) is 53.1 Å². The molecule has 0 radical (unpaired) electrons. The fourth-order valence-electron chi connectivity index (χ4n) is 3.17. The molecule has 1 N–H and O–H groups in total. The van der Waals surface area contributed by atoms with Gasteiger partial charge in [0.25, 0.3) is 0 Å². The molecule has 4 rings (SSSR count). The first kappa shape index (κ1) is 10.6. The standard InChI is InChI=1S/C16H15N3/c1-10-12-9-17-8-7-14(12)19(2)16-15(10)11-5-3-4-6-13(11)18-16/h3-10,18H,1-2H3. The number of aromatic nitrogens is 2. The van der Waals surface area contributed by atoms with Crippen LogP contribution in [0.5, 0.6) is 0 Å². The molecule has 0 fully saturated rings. The molecule has 0 bridgehead atoms. The highest BCUT2D eigenvalue weighted by atomic mass is 15.2. The average molecular weight is 249 g/mol. The summed E-state index contributed by atoms with van der Waals surface area (Å²) in [5, 5.41) is 1.31. The number of pyridine rings is 1. The molecule has 3 aromatic rings. The summed E-state index contributed by atoms with van der Waals surface area (Å²) in [5.74, 6) is 1.57. The Labute approximate surface area is 111 Å². The number of hydrogen-bond acceptors (Lipinski definition) is 2. The van der Waals surface area contributed by atoms with E-state index >= 15 is 0 Å². The van der Waals surface area contributed by atoms with Crippen molar-refractivity contribution in [3.8, 4) is 0 Å². The average Bonchev–Trinajstić information content (AvgIpc) is 2.84. The van der Waals surface area contributed by atoms with Crippen LogP contribution in [0.3, 0.4) is 0 Å². The van der Waals surface area contributed by atoms with Crippen molar-refractivity contribution in [3.05, 3.63) is 53.9 Å². The predicted molar refractivity (Wildman–Crippen MR) is 78.1 cm³/mol. The van der Waals surface area contributed by atoms with E-state index in [1.807, 2.05) is 12.4 Å². The van der Waals surface area contributed by atoms with Crippen LogP contribution >= 0.6 is 0 Å². The molecular weight excluding hydrogens is 234 g/mol. The van der Waals surface area contributed by atoms with Crippen LogP contribution in [0, 0.1) is 0 Å². The number of fused-ring (bicyclic) bond motifs is 4. The summed E-state index contributed by atoms with van der Waals surface area (Å²) in [6.07, 6.45) is 3.84. The molecular formula is C16H15N3. The first-order chi connectivity index (χ1) is 9.27. The second-order valence-corrected chi connectivity index (χ2v) is 5.15. The second kappa shape index (κ2) is 3.60. The van der Waals surface area contributed by atoms with Gasteiger partial charge >= 0.3 is 0 Å². The Hall–Kier alpha value is -2.29. The molecule has 0 saturated carbocycles. The van der Waals surface area contributed by atoms with E-state index in [-0.39, 0.29) is 0 Å². The third kappa shape index (κ3) is 1.30. The fraction of sp³-hybridized carbons (Fsp3) is 0.188. The van der Waals surface area contributed by atoms with Gasteiger partial charge < -0.3 is 9.88 Å². The number of aromatic amines is 1. The minimum atomic E-state index is 0.367. The number of hydrogen-bond donors (Lipinski definition) is 1. The second-order valence-electron chi connectivity index (χ2n) is 5.15. The van der Waals surface area contributed by atoms with Crippen molar-refractivity contribution in [2.24, 2.45) is 0 Å². The van der Waals surface area contributed by atoms with Crippen LogP contribution in [-0.4, -0.2) is 17.0 Å². The Kier molecular flexibility index (Phi) is 2.01. The smallest absolute Gasteiger partial charge is 0.115 e. The molecule has 2 aromatic heterocycles. The monoisotopic (exact) mass is 249 g/mol. The van der Waals surface area contributed by atoms with Gasteiger partial charge in [-0.05, 0) is 12.1 Å². The van der Waals surface area contributed by atoms with Gasteiger partial charge in [0.1, 0.15) is 5.82 Å². The zero-order chi connectivity index (χ0) is 13.0. The lowest BCUT2D eigenvalue weighted by Crippen LogP contribution is -2.20. The predicted octanol–water partition coefficient (Wildman–Crippen LogP) is 3.80. The van der Waals surface area contributed by atoms with Crippen molar-refractivity contribution in [2.45, 2.75) is 12.8 Å². The fourth-order valence-corrected chi connectivity index (χ4v) is 3.17. The third-order valence-corrected chi connectivity index (χ3v) is 4.15. The molecule has 0 amide bonds. The van der Waals surface area contributed by atoms with E-state index in [2.05, 4.69) is 59.2 Å². The highest BCUT2D eigenvalue weighted by Crippen LogP contribution is 2.46. The Morgan fingerprint density at radius 3 is 2.95 bits per heavy atom. The third-order valence-electron chi connectivity index (χ3n) is 4.15. The Bertz CT molecular complexity index is 773. The molecule has 0 saturated heterocycles. The van der Waals surface area contributed by atoms with Crippen molar-refractivity contribution >= 4 is 22.4 Å². The molecule has 1 unspecified atom stereocenters. The van der Waals surface area contributed by atoms with Crippen molar-refractivity contribution in [3.63, 3.8) is 0 Å². The van der Waals surface area contributed by atoms with Crippen LogP contribution in [0.25, 0.3) is 10.9 Å². The van der Waals surface area contributed by atoms with Gasteiger partial charge in [0.2, 0.25) is 0 Å². The van der Waals surface area contributed by atoms with E-state index in [1.54, 1.807) is 0 Å². The van der Waals surface area contributed by atoms with E-state index in [4.69, 9.17) is 0 Å². The summed E-state index contributed by atoms with van der Waals surface area (Å²) in [4.78, 5) is 10.1. The number of nitrogens with zero attached hydrogens (tertiary/aromatic N) is 2. The summed E-state index contributed by atoms with van der Waals surface area (Å²) in [6.45, 7) is 2.26. The molecule has 3 nitrogen and oxygen atoms in total. The van der Waals surface area contributed by atoms with Crippen LogP contribution in [0.15, 0.2) is 42.7 Å². The molecule has 94 valence electrons. The normalized spacial score (nSPS) is 17.4. The first-order valence-electron chi connectivity index (χ1n) is 6.55. The molecule has 19 heavy (non-hydrogen) atoms. The Balaban J connectivity index is 2.07. The Morgan fingerprint density at radius 1 is 1.21 bits per heavy atom. The number of rotatable bonds is 0. The number of H-pyrrole nitrogens is 1. The maximum Gasteiger partial charge on any atom is 0.115 e. The van der Waals surface area contributed by atoms with Crippen molar-refractivity contribution in [1.82, 2.24) is 9.97 Å². The summed E-state index contributed by atoms with van der Waals surface area (Å²) in [6, 6.07) is 10.6. The highest BCUT2D eigenvalue weighted by molar-refractivity contribution is 5.93. The molecule has 0 spiro atoms. The largest absolute Gasteiger partial charge is 0.341 e. The zero-order valence-electron chi connectivity index (χ0n) is 11.0. The summed E-state index contributed by atoms with van der Waals surface area (Å²) >= 11 is 0. The number of benzene rings is 1. The molecule has 1 aromatic carbocycles. The van der Waals surface area contributed by atoms with Crippen molar-refractivity contribution in [2.75, 3.05) is 11.9 Å². The van der Waals surface area contributed by atoms with Gasteiger partial charge in [-0.2, -0.15) is 0 Å². The summed E-state index contributed by atoms with van der Waals surface area (Å²) < 4.78 is 0. The lowest BCUT2D eigenvalue weighted by molar-refractivity contribution is 0.876. The molecule has 3 heteroatoms. The maximum absolute atomic E-state index is 4.28. The molecule has 1 aliphatic rings. The van der Waals surface area contributed by atoms with E-state index in [0.29, 0.717) is 5.92 Å². The molecule has 1 aliphatic heterocycles. The summed E-state index contributed by atoms with van der Waals surface area (Å²) in [5.41, 5.74) is 5.11. The summed E-state index contributed by atoms with van der Waals surface area (Å²) in [7, 11) is 2.11. The number of anilines is 2. The van der Waals surface area contributed by atoms with E-state index < -0.39 is 0 Å². The lowest BCUT2D eigenvalue weighted by atomic mass is 9.89. The van der Waals surface area contributed by atoms with Gasteiger partial charge in [0.15, 0.2) is 0 Å². The first-order valence-corrected chi connectivity index (χ1v) is 6.55. The van der Waals surface area contributed by atoms with Crippen LogP contribution in [0.1, 0.15) is 24.0 Å². The molecule has 0 aliphatic carbocycles. The molecule has 3 heterocycles.